The molecule has 1 aliphatic rings. The van der Waals surface area contributed by atoms with Gasteiger partial charge in [0.05, 0.1) is 34.5 Å². The van der Waals surface area contributed by atoms with Crippen molar-refractivity contribution in [3.8, 4) is 11.5 Å². The first kappa shape index (κ1) is 31.6. The Morgan fingerprint density at radius 3 is 2.40 bits per heavy atom. The van der Waals surface area contributed by atoms with Crippen molar-refractivity contribution < 1.29 is 27.4 Å². The van der Waals surface area contributed by atoms with E-state index < -0.39 is 17.8 Å². The largest absolute Gasteiger partial charge is 0.496 e. The highest BCUT2D eigenvalue weighted by Crippen LogP contribution is 2.33. The highest BCUT2D eigenvalue weighted by molar-refractivity contribution is 7.07. The van der Waals surface area contributed by atoms with E-state index in [0.29, 0.717) is 43.2 Å². The lowest BCUT2D eigenvalue weighted by Gasteiger charge is -2.25. The van der Waals surface area contributed by atoms with Crippen LogP contribution >= 0.6 is 11.3 Å². The molecule has 1 amide bonds. The number of carbonyl (C=O) groups excluding carboxylic acids is 1. The van der Waals surface area contributed by atoms with Gasteiger partial charge in [-0.05, 0) is 66.6 Å². The summed E-state index contributed by atoms with van der Waals surface area (Å²) in [6.07, 6.45) is -2.78. The Kier molecular flexibility index (Phi) is 8.82. The maximum atomic E-state index is 14.1. The van der Waals surface area contributed by atoms with E-state index in [9.17, 15) is 22.8 Å². The number of nitrogens with zero attached hydrogens (tertiary/aromatic N) is 2. The van der Waals surface area contributed by atoms with E-state index in [4.69, 9.17) is 9.47 Å². The van der Waals surface area contributed by atoms with E-state index in [1.54, 1.807) is 47.9 Å². The van der Waals surface area contributed by atoms with Gasteiger partial charge in [0.2, 0.25) is 0 Å². The first-order chi connectivity index (χ1) is 22.6. The third-order valence-corrected chi connectivity index (χ3v) is 8.55. The number of benzene rings is 4. The molecule has 1 atom stereocenters. The molecule has 0 bridgehead atoms. The second-order valence-electron chi connectivity index (χ2n) is 10.7. The summed E-state index contributed by atoms with van der Waals surface area (Å²) in [4.78, 5) is 32.9. The Morgan fingerprint density at radius 2 is 1.70 bits per heavy atom. The average molecular weight is 656 g/mol. The van der Waals surface area contributed by atoms with Crippen LogP contribution in [-0.2, 0) is 17.6 Å². The number of hydrogen-bond donors (Lipinski definition) is 1. The van der Waals surface area contributed by atoms with Crippen LogP contribution in [-0.4, -0.2) is 17.6 Å². The van der Waals surface area contributed by atoms with Crippen LogP contribution in [0.25, 0.3) is 6.08 Å². The minimum absolute atomic E-state index is 0.0592. The van der Waals surface area contributed by atoms with Crippen LogP contribution in [0.1, 0.15) is 35.2 Å². The summed E-state index contributed by atoms with van der Waals surface area (Å²) in [6.45, 7) is 1.69. The summed E-state index contributed by atoms with van der Waals surface area (Å²) in [5, 5.41) is 2.93. The molecule has 0 saturated carbocycles. The molecule has 0 radical (unpaired) electrons. The Labute approximate surface area is 271 Å². The lowest BCUT2D eigenvalue weighted by atomic mass is 9.95. The average Bonchev–Trinajstić information content (AvgIpc) is 3.37. The molecule has 4 aromatic carbocycles. The topological polar surface area (TPSA) is 81.9 Å². The number of para-hydroxylation sites is 1. The summed E-state index contributed by atoms with van der Waals surface area (Å²) in [6, 6.07) is 27.6. The van der Waals surface area contributed by atoms with Crippen molar-refractivity contribution in [2.45, 2.75) is 25.7 Å². The van der Waals surface area contributed by atoms with E-state index in [1.165, 1.54) is 30.6 Å². The Morgan fingerprint density at radius 1 is 0.979 bits per heavy atom. The predicted octanol–water partition coefficient (Wildman–Crippen LogP) is 6.48. The smallest absolute Gasteiger partial charge is 0.416 e. The number of carbonyl (C=O) groups is 1. The van der Waals surface area contributed by atoms with Gasteiger partial charge in [0.1, 0.15) is 18.1 Å². The highest BCUT2D eigenvalue weighted by Gasteiger charge is 2.33. The number of amides is 1. The number of fused-ring (bicyclic) bond motifs is 1. The van der Waals surface area contributed by atoms with Gasteiger partial charge in [0, 0.05) is 11.3 Å². The Hall–Kier alpha value is -5.42. The van der Waals surface area contributed by atoms with Gasteiger partial charge in [0.15, 0.2) is 4.80 Å². The maximum Gasteiger partial charge on any atom is 0.416 e. The third kappa shape index (κ3) is 6.75. The minimum Gasteiger partial charge on any atom is -0.496 e. The van der Waals surface area contributed by atoms with E-state index in [2.05, 4.69) is 10.3 Å². The summed E-state index contributed by atoms with van der Waals surface area (Å²) >= 11 is 1.20. The second-order valence-corrected chi connectivity index (χ2v) is 11.7. The fraction of sp³-hybridized carbons (Fsp3) is 0.139. The van der Waals surface area contributed by atoms with Gasteiger partial charge in [-0.2, -0.15) is 13.2 Å². The number of alkyl halides is 3. The number of allylic oxidation sites excluding steroid dienone is 1. The molecule has 0 saturated heterocycles. The monoisotopic (exact) mass is 655 g/mol. The van der Waals surface area contributed by atoms with Gasteiger partial charge < -0.3 is 14.8 Å². The van der Waals surface area contributed by atoms with Gasteiger partial charge in [-0.3, -0.25) is 14.2 Å². The molecule has 47 heavy (non-hydrogen) atoms. The zero-order valence-electron chi connectivity index (χ0n) is 25.2. The summed E-state index contributed by atoms with van der Waals surface area (Å²) in [5.41, 5.74) is 2.32. The standard InChI is InChI=1S/C36H28F3N3O4S/c1-22-31(33(43)41-27-13-7-4-8-14-27)32(24-10-5-3-6-11-24)42-34(44)30(47-35(42)40-22)19-23-16-17-29(45-2)25(18-23)21-46-28-15-9-12-26(20-28)36(37,38)39/h3-20,32H,21H2,1-2H3,(H,41,43)/t32-/m0/s1. The number of hydrogen-bond acceptors (Lipinski definition) is 6. The molecule has 0 unspecified atom stereocenters. The van der Waals surface area contributed by atoms with Crippen LogP contribution in [0.2, 0.25) is 0 Å². The van der Waals surface area contributed by atoms with Crippen molar-refractivity contribution >= 4 is 29.0 Å². The van der Waals surface area contributed by atoms with E-state index in [0.717, 1.165) is 17.7 Å². The number of rotatable bonds is 8. The molecule has 1 aromatic heterocycles. The number of nitrogens with one attached hydrogen (secondary N) is 1. The fourth-order valence-electron chi connectivity index (χ4n) is 5.36. The molecular weight excluding hydrogens is 627 g/mol. The molecule has 238 valence electrons. The SMILES string of the molecule is COc1ccc(C=c2sc3n(c2=O)[C@@H](c2ccccc2)C(C(=O)Nc2ccccc2)=C(C)N=3)cc1COc1cccc(C(F)(F)F)c1. The van der Waals surface area contributed by atoms with Crippen molar-refractivity contribution in [1.82, 2.24) is 4.57 Å². The molecule has 7 nitrogen and oxygen atoms in total. The molecule has 11 heteroatoms. The van der Waals surface area contributed by atoms with Crippen LogP contribution in [0.3, 0.4) is 0 Å². The van der Waals surface area contributed by atoms with Crippen LogP contribution in [0, 0.1) is 0 Å². The molecule has 6 rings (SSSR count). The molecule has 0 aliphatic carbocycles. The number of halogens is 3. The van der Waals surface area contributed by atoms with Crippen LogP contribution < -0.4 is 29.7 Å². The lowest BCUT2D eigenvalue weighted by molar-refractivity contribution is -0.137. The summed E-state index contributed by atoms with van der Waals surface area (Å²) < 4.78 is 52.6. The van der Waals surface area contributed by atoms with Crippen molar-refractivity contribution in [2.24, 2.45) is 4.99 Å². The van der Waals surface area contributed by atoms with Crippen molar-refractivity contribution in [2.75, 3.05) is 12.4 Å². The molecule has 1 aliphatic heterocycles. The van der Waals surface area contributed by atoms with E-state index in [-0.39, 0.29) is 23.8 Å². The van der Waals surface area contributed by atoms with E-state index in [1.807, 2.05) is 48.5 Å². The summed E-state index contributed by atoms with van der Waals surface area (Å²) in [5.74, 6) is 0.175. The molecule has 0 fully saturated rings. The van der Waals surface area contributed by atoms with Gasteiger partial charge in [-0.25, -0.2) is 4.99 Å². The van der Waals surface area contributed by atoms with Gasteiger partial charge in [0.25, 0.3) is 11.5 Å². The number of thiazole rings is 1. The minimum atomic E-state index is -4.49. The van der Waals surface area contributed by atoms with Crippen LogP contribution in [0.5, 0.6) is 11.5 Å². The molecule has 2 heterocycles. The zero-order chi connectivity index (χ0) is 33.1. The molecule has 5 aromatic rings. The second kappa shape index (κ2) is 13.1. The van der Waals surface area contributed by atoms with E-state index >= 15 is 0 Å². The first-order valence-electron chi connectivity index (χ1n) is 14.5. The van der Waals surface area contributed by atoms with Gasteiger partial charge >= 0.3 is 6.18 Å². The van der Waals surface area contributed by atoms with Crippen LogP contribution in [0.4, 0.5) is 18.9 Å². The quantitative estimate of drug-likeness (QED) is 0.208. The maximum absolute atomic E-state index is 14.1. The first-order valence-corrected chi connectivity index (χ1v) is 15.3. The van der Waals surface area contributed by atoms with Gasteiger partial charge in [-0.1, -0.05) is 72.0 Å². The Bertz CT molecular complexity index is 2160. The Balaban J connectivity index is 1.37. The van der Waals surface area contributed by atoms with Crippen molar-refractivity contribution in [1.29, 1.82) is 0 Å². The fourth-order valence-corrected chi connectivity index (χ4v) is 6.40. The van der Waals surface area contributed by atoms with Crippen molar-refractivity contribution in [3.05, 3.63) is 156 Å². The van der Waals surface area contributed by atoms with Crippen LogP contribution in [0.15, 0.2) is 124 Å². The van der Waals surface area contributed by atoms with Crippen molar-refractivity contribution in [3.63, 3.8) is 0 Å². The molecule has 0 spiro atoms. The predicted molar refractivity (Wildman–Crippen MR) is 174 cm³/mol. The highest BCUT2D eigenvalue weighted by atomic mass is 32.1. The number of ether oxygens (including phenoxy) is 2. The number of anilines is 1. The molecule has 1 N–H and O–H groups in total. The third-order valence-electron chi connectivity index (χ3n) is 7.57. The normalized spacial score (nSPS) is 14.7. The zero-order valence-corrected chi connectivity index (χ0v) is 26.1. The lowest BCUT2D eigenvalue weighted by Crippen LogP contribution is -2.40. The molecular formula is C36H28F3N3O4S. The summed E-state index contributed by atoms with van der Waals surface area (Å²) in [7, 11) is 1.48. The van der Waals surface area contributed by atoms with Gasteiger partial charge in [-0.15, -0.1) is 0 Å². The number of methoxy groups -OCH3 is 1. The number of aromatic nitrogens is 1.